The Balaban J connectivity index is 1.78. The van der Waals surface area contributed by atoms with Crippen LogP contribution in [0.2, 0.25) is 0 Å². The fraction of sp³-hybridized carbons (Fsp3) is 0.444. The largest absolute Gasteiger partial charge is 0.513 e. The van der Waals surface area contributed by atoms with Gasteiger partial charge in [-0.3, -0.25) is 4.90 Å². The van der Waals surface area contributed by atoms with E-state index in [1.807, 2.05) is 30.3 Å². The molecule has 1 saturated heterocycles. The Morgan fingerprint density at radius 1 is 1.08 bits per heavy atom. The Kier molecular flexibility index (Phi) is 8.57. The normalized spacial score (nSPS) is 19.9. The third kappa shape index (κ3) is 6.97. The number of carbonyl (C=O) groups excluding carboxylic acids is 2. The molecule has 2 amide bonds. The third-order valence-electron chi connectivity index (χ3n) is 6.11. The topological polar surface area (TPSA) is 102 Å². The molecule has 2 aromatic carbocycles. The number of benzene rings is 2. The SMILES string of the molecule is COC(=O)c1cccc(OCC[C@@H]2C[N+](Cc3ccccc3)(C(=O)O)CCN2C(=O)OC(C)(C)C)c1. The van der Waals surface area contributed by atoms with Crippen LogP contribution in [0.25, 0.3) is 0 Å². The van der Waals surface area contributed by atoms with E-state index in [4.69, 9.17) is 14.2 Å². The maximum absolute atomic E-state index is 13.0. The van der Waals surface area contributed by atoms with Crippen LogP contribution in [0, 0.1) is 0 Å². The van der Waals surface area contributed by atoms with Gasteiger partial charge >= 0.3 is 18.2 Å². The van der Waals surface area contributed by atoms with Gasteiger partial charge in [0.15, 0.2) is 0 Å². The second-order valence-corrected chi connectivity index (χ2v) is 9.96. The molecule has 1 aliphatic heterocycles. The zero-order chi connectivity index (χ0) is 26.3. The number of piperazine rings is 1. The number of rotatable bonds is 7. The summed E-state index contributed by atoms with van der Waals surface area (Å²) in [4.78, 5) is 39.0. The van der Waals surface area contributed by atoms with Gasteiger partial charge in [0.05, 0.1) is 31.9 Å². The molecule has 9 heteroatoms. The van der Waals surface area contributed by atoms with E-state index in [0.717, 1.165) is 5.56 Å². The summed E-state index contributed by atoms with van der Waals surface area (Å²) < 4.78 is 16.1. The minimum atomic E-state index is -0.931. The van der Waals surface area contributed by atoms with Gasteiger partial charge in [-0.15, -0.1) is 0 Å². The van der Waals surface area contributed by atoms with Gasteiger partial charge in [0.25, 0.3) is 0 Å². The molecule has 1 fully saturated rings. The number of carbonyl (C=O) groups is 3. The minimum Gasteiger partial charge on any atom is -0.493 e. The molecule has 2 aromatic rings. The van der Waals surface area contributed by atoms with Crippen molar-refractivity contribution in [1.29, 1.82) is 0 Å². The summed E-state index contributed by atoms with van der Waals surface area (Å²) in [5.74, 6) is 0.0223. The molecule has 36 heavy (non-hydrogen) atoms. The predicted octanol–water partition coefficient (Wildman–Crippen LogP) is 4.56. The van der Waals surface area contributed by atoms with Crippen LogP contribution >= 0.6 is 0 Å². The van der Waals surface area contributed by atoms with Crippen molar-refractivity contribution in [3.63, 3.8) is 0 Å². The average Bonchev–Trinajstić information content (AvgIpc) is 2.83. The molecule has 1 N–H and O–H groups in total. The molecular weight excluding hydrogens is 464 g/mol. The van der Waals surface area contributed by atoms with Crippen LogP contribution in [0.3, 0.4) is 0 Å². The van der Waals surface area contributed by atoms with Gasteiger partial charge in [0.1, 0.15) is 31.0 Å². The molecular formula is C27H35N2O7+. The van der Waals surface area contributed by atoms with E-state index in [9.17, 15) is 19.5 Å². The molecule has 0 aliphatic carbocycles. The van der Waals surface area contributed by atoms with E-state index >= 15 is 0 Å². The van der Waals surface area contributed by atoms with Gasteiger partial charge in [-0.2, -0.15) is 4.79 Å². The Bertz CT molecular complexity index is 1070. The molecule has 0 saturated carbocycles. The first-order chi connectivity index (χ1) is 17.0. The van der Waals surface area contributed by atoms with Crippen molar-refractivity contribution < 1.29 is 38.2 Å². The second-order valence-electron chi connectivity index (χ2n) is 9.96. The fourth-order valence-electron chi connectivity index (χ4n) is 4.34. The molecule has 1 aliphatic rings. The molecule has 1 unspecified atom stereocenters. The summed E-state index contributed by atoms with van der Waals surface area (Å²) in [7, 11) is 1.31. The molecule has 0 aromatic heterocycles. The van der Waals surface area contributed by atoms with Gasteiger partial charge < -0.3 is 19.3 Å². The smallest absolute Gasteiger partial charge is 0.493 e. The standard InChI is InChI=1S/C27H34N2O7/c1-27(2,3)36-25(31)28-14-15-29(26(32)33,18-20-9-6-5-7-10-20)19-22(28)13-16-35-23-12-8-11-21(17-23)24(30)34-4/h5-12,17,22H,13-16,18-19H2,1-4H3/p+1/t22-,29?/m1/s1. The predicted molar refractivity (Wildman–Crippen MR) is 133 cm³/mol. The molecule has 0 bridgehead atoms. The van der Waals surface area contributed by atoms with Crippen molar-refractivity contribution in [3.05, 3.63) is 65.7 Å². The van der Waals surface area contributed by atoms with Gasteiger partial charge in [0, 0.05) is 12.0 Å². The Hall–Kier alpha value is -3.59. The van der Waals surface area contributed by atoms with Crippen LogP contribution < -0.4 is 4.74 Å². The maximum Gasteiger partial charge on any atom is 0.513 e. The van der Waals surface area contributed by atoms with E-state index in [1.54, 1.807) is 49.9 Å². The van der Waals surface area contributed by atoms with Crippen molar-refractivity contribution in [1.82, 2.24) is 4.90 Å². The van der Waals surface area contributed by atoms with Crippen LogP contribution in [-0.4, -0.2) is 77.6 Å². The highest BCUT2D eigenvalue weighted by atomic mass is 16.6. The van der Waals surface area contributed by atoms with E-state index in [0.29, 0.717) is 24.3 Å². The molecule has 3 rings (SSSR count). The average molecular weight is 500 g/mol. The van der Waals surface area contributed by atoms with Crippen molar-refractivity contribution in [2.45, 2.75) is 45.4 Å². The molecule has 1 heterocycles. The minimum absolute atomic E-state index is 0.189. The summed E-state index contributed by atoms with van der Waals surface area (Å²) in [5, 5.41) is 10.3. The van der Waals surface area contributed by atoms with Crippen LogP contribution in [-0.2, 0) is 16.0 Å². The lowest BCUT2D eigenvalue weighted by Crippen LogP contribution is -2.66. The Morgan fingerprint density at radius 3 is 2.44 bits per heavy atom. The van der Waals surface area contributed by atoms with Crippen LogP contribution in [0.1, 0.15) is 43.1 Å². The summed E-state index contributed by atoms with van der Waals surface area (Å²) >= 11 is 0. The molecule has 2 atom stereocenters. The van der Waals surface area contributed by atoms with Gasteiger partial charge in [-0.1, -0.05) is 36.4 Å². The third-order valence-corrected chi connectivity index (χ3v) is 6.11. The number of nitrogens with zero attached hydrogens (tertiary/aromatic N) is 2. The van der Waals surface area contributed by atoms with Gasteiger partial charge in [0.2, 0.25) is 0 Å². The Labute approximate surface area is 211 Å². The van der Waals surface area contributed by atoms with Gasteiger partial charge in [-0.25, -0.2) is 14.1 Å². The molecule has 194 valence electrons. The number of ether oxygens (including phenoxy) is 3. The van der Waals surface area contributed by atoms with Crippen LogP contribution in [0.5, 0.6) is 5.75 Å². The lowest BCUT2D eigenvalue weighted by Gasteiger charge is -2.45. The number of carboxylic acid groups (broad SMARTS) is 1. The zero-order valence-electron chi connectivity index (χ0n) is 21.3. The monoisotopic (exact) mass is 499 g/mol. The number of quaternary nitrogens is 1. The summed E-state index contributed by atoms with van der Waals surface area (Å²) in [6.45, 7) is 6.67. The number of hydrogen-bond donors (Lipinski definition) is 1. The van der Waals surface area contributed by atoms with Crippen molar-refractivity contribution in [3.8, 4) is 5.75 Å². The zero-order valence-corrected chi connectivity index (χ0v) is 21.3. The lowest BCUT2D eigenvalue weighted by molar-refractivity contribution is -0.878. The summed E-state index contributed by atoms with van der Waals surface area (Å²) in [6, 6.07) is 15.7. The van der Waals surface area contributed by atoms with Crippen LogP contribution in [0.15, 0.2) is 54.6 Å². The molecule has 9 nitrogen and oxygen atoms in total. The highest BCUT2D eigenvalue weighted by Crippen LogP contribution is 2.26. The van der Waals surface area contributed by atoms with E-state index in [-0.39, 0.29) is 30.7 Å². The first kappa shape index (κ1) is 27.0. The quantitative estimate of drug-likeness (QED) is 0.440. The van der Waals surface area contributed by atoms with E-state index in [2.05, 4.69) is 0 Å². The summed E-state index contributed by atoms with van der Waals surface area (Å²) in [5.41, 5.74) is 0.611. The maximum atomic E-state index is 13.0. The number of methoxy groups -OCH3 is 1. The van der Waals surface area contributed by atoms with Crippen molar-refractivity contribution in [2.24, 2.45) is 0 Å². The molecule has 0 spiro atoms. The lowest BCUT2D eigenvalue weighted by atomic mass is 10.0. The van der Waals surface area contributed by atoms with Crippen LogP contribution in [0.4, 0.5) is 9.59 Å². The molecule has 0 radical (unpaired) electrons. The number of amides is 2. The first-order valence-electron chi connectivity index (χ1n) is 12.0. The number of esters is 1. The fourth-order valence-corrected chi connectivity index (χ4v) is 4.34. The van der Waals surface area contributed by atoms with Crippen molar-refractivity contribution >= 4 is 18.2 Å². The van der Waals surface area contributed by atoms with Gasteiger partial charge in [-0.05, 0) is 39.0 Å². The highest BCUT2D eigenvalue weighted by Gasteiger charge is 2.47. The Morgan fingerprint density at radius 2 is 1.81 bits per heavy atom. The first-order valence-corrected chi connectivity index (χ1v) is 12.0. The second kappa shape index (κ2) is 11.4. The number of hydrogen-bond acceptors (Lipinski definition) is 6. The van der Waals surface area contributed by atoms with E-state index < -0.39 is 29.8 Å². The van der Waals surface area contributed by atoms with Crippen molar-refractivity contribution in [2.75, 3.05) is 33.4 Å². The highest BCUT2D eigenvalue weighted by molar-refractivity contribution is 5.89. The summed E-state index contributed by atoms with van der Waals surface area (Å²) in [6.07, 6.45) is -1.01. The van der Waals surface area contributed by atoms with E-state index in [1.165, 1.54) is 7.11 Å².